The van der Waals surface area contributed by atoms with Crippen molar-refractivity contribution >= 4 is 29.8 Å². The molecule has 3 heterocycles. The summed E-state index contributed by atoms with van der Waals surface area (Å²) in [6.45, 7) is 5.83. The fourth-order valence-electron chi connectivity index (χ4n) is 7.64. The number of halogens is 1. The molecule has 12 heteroatoms. The average molecular weight is 689 g/mol. The van der Waals surface area contributed by atoms with Gasteiger partial charge < -0.3 is 30.3 Å². The van der Waals surface area contributed by atoms with Gasteiger partial charge in [0.05, 0.1) is 0 Å². The number of alkyl carbamates (subject to hydrolysis) is 1. The number of likely N-dealkylation sites (tertiary alicyclic amines) is 1. The van der Waals surface area contributed by atoms with E-state index in [0.29, 0.717) is 18.4 Å². The highest BCUT2D eigenvalue weighted by Gasteiger charge is 2.62. The Morgan fingerprint density at radius 3 is 2.48 bits per heavy atom. The minimum Gasteiger partial charge on any atom is -0.479 e. The van der Waals surface area contributed by atoms with Gasteiger partial charge in [-0.3, -0.25) is 14.4 Å². The van der Waals surface area contributed by atoms with E-state index < -0.39 is 53.0 Å². The van der Waals surface area contributed by atoms with Crippen molar-refractivity contribution in [1.29, 1.82) is 0 Å². The Bertz CT molecular complexity index is 1690. The van der Waals surface area contributed by atoms with Crippen molar-refractivity contribution in [2.45, 2.75) is 82.5 Å². The summed E-state index contributed by atoms with van der Waals surface area (Å²) >= 11 is 0. The van der Waals surface area contributed by atoms with Crippen LogP contribution in [0.3, 0.4) is 0 Å². The lowest BCUT2D eigenvalue weighted by Crippen LogP contribution is -2.58. The number of benzene rings is 2. The summed E-state index contributed by atoms with van der Waals surface area (Å²) in [6.07, 6.45) is 6.68. The number of fused-ring (bicyclic) bond motifs is 4. The topological polar surface area (TPSA) is 145 Å². The summed E-state index contributed by atoms with van der Waals surface area (Å²) in [7, 11) is 0. The molecule has 3 N–H and O–H groups in total. The molecule has 0 spiro atoms. The van der Waals surface area contributed by atoms with Crippen LogP contribution in [0.5, 0.6) is 0 Å². The molecule has 50 heavy (non-hydrogen) atoms. The third kappa shape index (κ3) is 7.39. The van der Waals surface area contributed by atoms with Crippen LogP contribution in [0.1, 0.15) is 69.7 Å². The maximum absolute atomic E-state index is 14.3. The van der Waals surface area contributed by atoms with E-state index in [4.69, 9.17) is 4.74 Å². The number of allylic oxidation sites excluding steroid dienone is 1. The number of hydrogen-bond donors (Lipinski definition) is 3. The number of carbonyl (C=O) groups excluding carboxylic acids is 4. The quantitative estimate of drug-likeness (QED) is 0.393. The van der Waals surface area contributed by atoms with Crippen LogP contribution in [0, 0.1) is 23.6 Å². The number of amides is 4. The minimum atomic E-state index is -1.47. The molecule has 4 aliphatic rings. The first-order valence-corrected chi connectivity index (χ1v) is 17.4. The molecule has 6 rings (SSSR count). The number of nitrogens with one attached hydrogen (secondary N) is 2. The SMILES string of the molecule is CC(C)(C)OC(=O)N[C@@H]1CCCCC/C=C\[C@H]2C[C@@]2(C(=O)O)NC(=O)[C@@H]2[C@H]3CN(C(=O)c4cccc(-c5ccc(F)cc5)c4)C[C@H]3CN2C1=O. The first kappa shape index (κ1) is 35.1. The van der Waals surface area contributed by atoms with Crippen molar-refractivity contribution in [3.05, 3.63) is 72.1 Å². The molecule has 0 aromatic heterocycles. The third-order valence-corrected chi connectivity index (χ3v) is 10.3. The van der Waals surface area contributed by atoms with E-state index in [1.165, 1.54) is 17.0 Å². The van der Waals surface area contributed by atoms with Gasteiger partial charge in [0.1, 0.15) is 29.0 Å². The molecule has 0 radical (unpaired) electrons. The first-order chi connectivity index (χ1) is 23.8. The van der Waals surface area contributed by atoms with Gasteiger partial charge in [0.25, 0.3) is 5.91 Å². The van der Waals surface area contributed by atoms with Crippen LogP contribution in [0.15, 0.2) is 60.7 Å². The van der Waals surface area contributed by atoms with Gasteiger partial charge in [-0.15, -0.1) is 0 Å². The second-order valence-corrected chi connectivity index (χ2v) is 15.0. The van der Waals surface area contributed by atoms with Crippen LogP contribution in [-0.2, 0) is 19.1 Å². The van der Waals surface area contributed by atoms with Gasteiger partial charge in [-0.05, 0) is 81.8 Å². The zero-order valence-electron chi connectivity index (χ0n) is 28.7. The Labute approximate surface area is 291 Å². The summed E-state index contributed by atoms with van der Waals surface area (Å²) in [5.74, 6) is -3.82. The van der Waals surface area contributed by atoms with Gasteiger partial charge in [-0.1, -0.05) is 49.3 Å². The highest BCUT2D eigenvalue weighted by molar-refractivity contribution is 5.98. The molecule has 2 aromatic rings. The molecule has 3 aliphatic heterocycles. The number of hydrogen-bond acceptors (Lipinski definition) is 6. The maximum Gasteiger partial charge on any atom is 0.408 e. The number of carbonyl (C=O) groups is 5. The Kier molecular flexibility index (Phi) is 9.74. The molecule has 4 amide bonds. The number of carboxylic acids is 1. The maximum atomic E-state index is 14.3. The lowest BCUT2D eigenvalue weighted by Gasteiger charge is -2.33. The van der Waals surface area contributed by atoms with Crippen molar-refractivity contribution in [2.24, 2.45) is 17.8 Å². The summed E-state index contributed by atoms with van der Waals surface area (Å²) < 4.78 is 19.0. The molecule has 3 fully saturated rings. The normalized spacial score (nSPS) is 29.0. The predicted octanol–water partition coefficient (Wildman–Crippen LogP) is 4.76. The second-order valence-electron chi connectivity index (χ2n) is 15.0. The Morgan fingerprint density at radius 1 is 1.00 bits per heavy atom. The molecule has 266 valence electrons. The molecular formula is C38H45FN4O7. The standard InChI is InChI=1S/C38H45FN4O7/c1-37(2,3)50-36(49)40-30-13-8-6-4-5-7-12-27-19-38(27,35(47)48)41-32(44)31-29-22-42(20-26(29)21-43(31)34(30)46)33(45)25-11-9-10-24(18-25)23-14-16-28(39)17-15-23/h7,9-12,14-18,26-27,29-31H,4-6,8,13,19-22H2,1-3H3,(H,40,49)(H,41,44)(H,47,48)/b12-7-/t26-,27-,29-,30+,31-,38+/m0/s1. The van der Waals surface area contributed by atoms with Gasteiger partial charge in [0.15, 0.2) is 0 Å². The third-order valence-electron chi connectivity index (χ3n) is 10.3. The molecule has 0 unspecified atom stereocenters. The fourth-order valence-corrected chi connectivity index (χ4v) is 7.64. The summed E-state index contributed by atoms with van der Waals surface area (Å²) in [4.78, 5) is 70.9. The van der Waals surface area contributed by atoms with Gasteiger partial charge in [0, 0.05) is 43.0 Å². The van der Waals surface area contributed by atoms with Crippen LogP contribution in [0.25, 0.3) is 11.1 Å². The van der Waals surface area contributed by atoms with E-state index in [2.05, 4.69) is 10.6 Å². The van der Waals surface area contributed by atoms with Crippen molar-refractivity contribution in [3.63, 3.8) is 0 Å². The summed E-state index contributed by atoms with van der Waals surface area (Å²) in [5, 5.41) is 15.8. The number of aliphatic carboxylic acids is 1. The van der Waals surface area contributed by atoms with Crippen LogP contribution in [-0.4, -0.2) is 87.5 Å². The summed E-state index contributed by atoms with van der Waals surface area (Å²) in [6, 6.07) is 11.1. The van der Waals surface area contributed by atoms with Crippen molar-refractivity contribution in [3.8, 4) is 11.1 Å². The Morgan fingerprint density at radius 2 is 1.76 bits per heavy atom. The molecule has 1 saturated carbocycles. The number of carboxylic acid groups (broad SMARTS) is 1. The molecule has 6 atom stereocenters. The second kappa shape index (κ2) is 13.9. The Balaban J connectivity index is 1.27. The number of rotatable bonds is 4. The zero-order chi connectivity index (χ0) is 35.8. The first-order valence-electron chi connectivity index (χ1n) is 17.4. The average Bonchev–Trinajstić information content (AvgIpc) is 3.41. The molecule has 2 aromatic carbocycles. The van der Waals surface area contributed by atoms with Crippen LogP contribution in [0.2, 0.25) is 0 Å². The number of ether oxygens (including phenoxy) is 1. The van der Waals surface area contributed by atoms with Crippen LogP contribution < -0.4 is 10.6 Å². The molecule has 0 bridgehead atoms. The molecular weight excluding hydrogens is 643 g/mol. The highest BCUT2D eigenvalue weighted by Crippen LogP contribution is 2.46. The molecule has 1 aliphatic carbocycles. The smallest absolute Gasteiger partial charge is 0.408 e. The van der Waals surface area contributed by atoms with Crippen LogP contribution >= 0.6 is 0 Å². The number of nitrogens with zero attached hydrogens (tertiary/aromatic N) is 2. The molecule has 2 saturated heterocycles. The monoisotopic (exact) mass is 688 g/mol. The van der Waals surface area contributed by atoms with Gasteiger partial charge >= 0.3 is 12.1 Å². The molecule has 11 nitrogen and oxygen atoms in total. The van der Waals surface area contributed by atoms with E-state index in [9.17, 15) is 33.5 Å². The lowest BCUT2D eigenvalue weighted by atomic mass is 9.93. The predicted molar refractivity (Wildman–Crippen MR) is 182 cm³/mol. The largest absolute Gasteiger partial charge is 0.479 e. The summed E-state index contributed by atoms with van der Waals surface area (Å²) in [5.41, 5.74) is -0.305. The lowest BCUT2D eigenvalue weighted by molar-refractivity contribution is -0.146. The fraction of sp³-hybridized carbons (Fsp3) is 0.500. The van der Waals surface area contributed by atoms with Gasteiger partial charge in [-0.25, -0.2) is 14.0 Å². The highest BCUT2D eigenvalue weighted by atomic mass is 19.1. The van der Waals surface area contributed by atoms with E-state index in [0.717, 1.165) is 30.4 Å². The van der Waals surface area contributed by atoms with Crippen molar-refractivity contribution in [1.82, 2.24) is 20.4 Å². The van der Waals surface area contributed by atoms with Crippen molar-refractivity contribution in [2.75, 3.05) is 19.6 Å². The van der Waals surface area contributed by atoms with Crippen molar-refractivity contribution < 1.29 is 38.2 Å². The zero-order valence-corrected chi connectivity index (χ0v) is 28.7. The Hall–Kier alpha value is -4.74. The van der Waals surface area contributed by atoms with Crippen LogP contribution in [0.4, 0.5) is 9.18 Å². The van der Waals surface area contributed by atoms with Gasteiger partial charge in [-0.2, -0.15) is 0 Å². The van der Waals surface area contributed by atoms with E-state index in [1.54, 1.807) is 56.0 Å². The van der Waals surface area contributed by atoms with Gasteiger partial charge in [0.2, 0.25) is 11.8 Å². The van der Waals surface area contributed by atoms with E-state index in [-0.39, 0.29) is 49.6 Å². The van der Waals surface area contributed by atoms with E-state index >= 15 is 0 Å². The van der Waals surface area contributed by atoms with E-state index in [1.807, 2.05) is 18.2 Å². The minimum absolute atomic E-state index is 0.164.